The molecule has 0 aliphatic rings. The molecule has 1 heterocycles. The minimum atomic E-state index is -0.674. The van der Waals surface area contributed by atoms with Crippen LogP contribution in [0.25, 0.3) is 0 Å². The summed E-state index contributed by atoms with van der Waals surface area (Å²) in [6, 6.07) is 6.71. The summed E-state index contributed by atoms with van der Waals surface area (Å²) in [7, 11) is 0. The summed E-state index contributed by atoms with van der Waals surface area (Å²) in [6.45, 7) is 1.72. The second-order valence-electron chi connectivity index (χ2n) is 3.90. The van der Waals surface area contributed by atoms with Crippen LogP contribution in [-0.4, -0.2) is 4.92 Å². The lowest BCUT2D eigenvalue weighted by atomic mass is 10.2. The van der Waals surface area contributed by atoms with Crippen LogP contribution in [0.2, 0.25) is 0 Å². The van der Waals surface area contributed by atoms with Gasteiger partial charge in [0.1, 0.15) is 11.4 Å². The van der Waals surface area contributed by atoms with Gasteiger partial charge in [-0.05, 0) is 41.1 Å². The van der Waals surface area contributed by atoms with E-state index in [1.165, 1.54) is 18.2 Å². The second kappa shape index (κ2) is 5.40. The maximum Gasteiger partial charge on any atom is 0.295 e. The van der Waals surface area contributed by atoms with Gasteiger partial charge in [-0.3, -0.25) is 10.1 Å². The Morgan fingerprint density at radius 1 is 1.42 bits per heavy atom. The van der Waals surface area contributed by atoms with Crippen LogP contribution in [0.3, 0.4) is 0 Å². The molecule has 0 radical (unpaired) electrons. The normalized spacial score (nSPS) is 12.2. The number of hydrogen-bond acceptors (Lipinski definition) is 4. The fourth-order valence-electron chi connectivity index (χ4n) is 1.66. The van der Waals surface area contributed by atoms with E-state index < -0.39 is 16.8 Å². The molecular weight excluding hydrogens is 319 g/mol. The smallest absolute Gasteiger partial charge is 0.295 e. The van der Waals surface area contributed by atoms with Crippen LogP contribution in [0.15, 0.2) is 39.4 Å². The van der Waals surface area contributed by atoms with Crippen molar-refractivity contribution >= 4 is 27.3 Å². The van der Waals surface area contributed by atoms with Crippen molar-refractivity contribution in [3.05, 3.63) is 56.7 Å². The average molecular weight is 329 g/mol. The number of anilines is 1. The molecule has 0 aliphatic heterocycles. The summed E-state index contributed by atoms with van der Waals surface area (Å²) in [5.41, 5.74) is -0.454. The Kier molecular flexibility index (Phi) is 3.84. The van der Waals surface area contributed by atoms with Crippen LogP contribution in [-0.2, 0) is 0 Å². The molecule has 100 valence electrons. The van der Waals surface area contributed by atoms with E-state index in [0.29, 0.717) is 10.4 Å². The highest BCUT2D eigenvalue weighted by Crippen LogP contribution is 2.31. The number of nitrogens with zero attached hydrogens (tertiary/aromatic N) is 1. The third-order valence-electron chi connectivity index (χ3n) is 2.57. The highest BCUT2D eigenvalue weighted by atomic mass is 79.9. The number of halogens is 2. The van der Waals surface area contributed by atoms with E-state index in [4.69, 9.17) is 4.42 Å². The zero-order chi connectivity index (χ0) is 14.0. The van der Waals surface area contributed by atoms with Crippen molar-refractivity contribution in [3.8, 4) is 0 Å². The van der Waals surface area contributed by atoms with Crippen LogP contribution < -0.4 is 5.32 Å². The van der Waals surface area contributed by atoms with Gasteiger partial charge in [0, 0.05) is 6.07 Å². The van der Waals surface area contributed by atoms with Crippen molar-refractivity contribution in [2.45, 2.75) is 13.0 Å². The molecule has 0 bridgehead atoms. The Balaban J connectivity index is 2.30. The topological polar surface area (TPSA) is 68.3 Å². The number of nitrogens with one attached hydrogen (secondary N) is 1. The van der Waals surface area contributed by atoms with Crippen molar-refractivity contribution in [3.63, 3.8) is 0 Å². The van der Waals surface area contributed by atoms with E-state index in [2.05, 4.69) is 21.2 Å². The summed E-state index contributed by atoms with van der Waals surface area (Å²) >= 11 is 3.16. The maximum absolute atomic E-state index is 13.7. The van der Waals surface area contributed by atoms with Gasteiger partial charge in [0.05, 0.1) is 11.0 Å². The second-order valence-corrected chi connectivity index (χ2v) is 4.68. The maximum atomic E-state index is 13.7. The number of nitro benzene ring substituents is 1. The molecule has 1 aromatic heterocycles. The summed E-state index contributed by atoms with van der Waals surface area (Å²) in [5, 5.41) is 13.6. The molecule has 0 aliphatic carbocycles. The Bertz CT molecular complexity index is 615. The first-order chi connectivity index (χ1) is 8.99. The molecule has 0 saturated carbocycles. The molecule has 0 saturated heterocycles. The van der Waals surface area contributed by atoms with Crippen molar-refractivity contribution in [2.75, 3.05) is 5.32 Å². The third-order valence-corrected chi connectivity index (χ3v) is 3.00. The monoisotopic (exact) mass is 328 g/mol. The number of para-hydroxylation sites is 1. The third kappa shape index (κ3) is 2.93. The van der Waals surface area contributed by atoms with Crippen molar-refractivity contribution < 1.29 is 13.7 Å². The molecule has 0 spiro atoms. The van der Waals surface area contributed by atoms with Gasteiger partial charge in [0.25, 0.3) is 5.69 Å². The lowest BCUT2D eigenvalue weighted by Gasteiger charge is -2.13. The van der Waals surface area contributed by atoms with Crippen LogP contribution in [0.1, 0.15) is 18.7 Å². The Hall–Kier alpha value is -1.89. The highest BCUT2D eigenvalue weighted by Gasteiger charge is 2.21. The standard InChI is InChI=1S/C12H10BrFN2O3/c1-7(10-5-6-11(13)19-10)15-12-8(14)3-2-4-9(12)16(17)18/h2-7,15H,1H3. The first kappa shape index (κ1) is 13.5. The van der Waals surface area contributed by atoms with E-state index in [-0.39, 0.29) is 11.4 Å². The Morgan fingerprint density at radius 3 is 2.74 bits per heavy atom. The molecule has 1 N–H and O–H groups in total. The Morgan fingerprint density at radius 2 is 2.16 bits per heavy atom. The van der Waals surface area contributed by atoms with Gasteiger partial charge in [0.15, 0.2) is 10.5 Å². The zero-order valence-corrected chi connectivity index (χ0v) is 11.5. The number of benzene rings is 1. The van der Waals surface area contributed by atoms with Crippen molar-refractivity contribution in [2.24, 2.45) is 0 Å². The minimum Gasteiger partial charge on any atom is -0.452 e. The van der Waals surface area contributed by atoms with Gasteiger partial charge in [-0.15, -0.1) is 0 Å². The molecule has 19 heavy (non-hydrogen) atoms. The summed E-state index contributed by atoms with van der Waals surface area (Å²) < 4.78 is 19.5. The lowest BCUT2D eigenvalue weighted by Crippen LogP contribution is -2.09. The summed E-state index contributed by atoms with van der Waals surface area (Å²) in [5.74, 6) is -0.129. The molecule has 0 amide bonds. The van der Waals surface area contributed by atoms with Crippen LogP contribution >= 0.6 is 15.9 Å². The fourth-order valence-corrected chi connectivity index (χ4v) is 1.98. The number of rotatable bonds is 4. The highest BCUT2D eigenvalue weighted by molar-refractivity contribution is 9.10. The molecule has 2 aromatic rings. The van der Waals surface area contributed by atoms with Gasteiger partial charge in [-0.25, -0.2) is 4.39 Å². The van der Waals surface area contributed by atoms with Crippen LogP contribution in [0.5, 0.6) is 0 Å². The fraction of sp³-hybridized carbons (Fsp3) is 0.167. The molecule has 1 unspecified atom stereocenters. The molecule has 1 atom stereocenters. The van der Waals surface area contributed by atoms with Crippen molar-refractivity contribution in [1.82, 2.24) is 0 Å². The summed E-state index contributed by atoms with van der Waals surface area (Å²) in [6.07, 6.45) is 0. The minimum absolute atomic E-state index is 0.146. The van der Waals surface area contributed by atoms with E-state index in [1.54, 1.807) is 19.1 Å². The average Bonchev–Trinajstić information content (AvgIpc) is 2.78. The van der Waals surface area contributed by atoms with E-state index in [0.717, 1.165) is 0 Å². The SMILES string of the molecule is CC(Nc1c(F)cccc1[N+](=O)[O-])c1ccc(Br)o1. The molecular formula is C12H10BrFN2O3. The predicted octanol–water partition coefficient (Wildman–Crippen LogP) is 4.26. The quantitative estimate of drug-likeness (QED) is 0.672. The Labute approximate surface area is 116 Å². The van der Waals surface area contributed by atoms with Gasteiger partial charge in [0.2, 0.25) is 0 Å². The molecule has 5 nitrogen and oxygen atoms in total. The number of furan rings is 1. The molecule has 0 fully saturated rings. The first-order valence-electron chi connectivity index (χ1n) is 5.43. The lowest BCUT2D eigenvalue weighted by molar-refractivity contribution is -0.384. The van der Waals surface area contributed by atoms with E-state index >= 15 is 0 Å². The predicted molar refractivity (Wildman–Crippen MR) is 71.5 cm³/mol. The molecule has 7 heteroatoms. The molecule has 1 aromatic carbocycles. The van der Waals surface area contributed by atoms with Crippen LogP contribution in [0.4, 0.5) is 15.8 Å². The van der Waals surface area contributed by atoms with Gasteiger partial charge >= 0.3 is 0 Å². The first-order valence-corrected chi connectivity index (χ1v) is 6.23. The van der Waals surface area contributed by atoms with Crippen LogP contribution in [0, 0.1) is 15.9 Å². The number of nitro groups is 1. The van der Waals surface area contributed by atoms with Gasteiger partial charge < -0.3 is 9.73 Å². The number of hydrogen-bond donors (Lipinski definition) is 1. The van der Waals surface area contributed by atoms with E-state index in [1.807, 2.05) is 0 Å². The molecule has 2 rings (SSSR count). The zero-order valence-electron chi connectivity index (χ0n) is 9.89. The largest absolute Gasteiger partial charge is 0.452 e. The van der Waals surface area contributed by atoms with Gasteiger partial charge in [-0.1, -0.05) is 6.07 Å². The van der Waals surface area contributed by atoms with Crippen molar-refractivity contribution in [1.29, 1.82) is 0 Å². The summed E-state index contributed by atoms with van der Waals surface area (Å²) in [4.78, 5) is 10.2. The van der Waals surface area contributed by atoms with Gasteiger partial charge in [-0.2, -0.15) is 0 Å². The van der Waals surface area contributed by atoms with E-state index in [9.17, 15) is 14.5 Å².